The molecule has 28 heavy (non-hydrogen) atoms. The van der Waals surface area contributed by atoms with Crippen molar-refractivity contribution in [3.05, 3.63) is 57.4 Å². The summed E-state index contributed by atoms with van der Waals surface area (Å²) < 4.78 is 6.84. The molecule has 4 rings (SSSR count). The first-order valence-corrected chi connectivity index (χ1v) is 9.90. The molecule has 0 radical (unpaired) electrons. The summed E-state index contributed by atoms with van der Waals surface area (Å²) in [6, 6.07) is 5.13. The lowest BCUT2D eigenvalue weighted by Crippen LogP contribution is -2.40. The molecule has 0 atom stereocenters. The Morgan fingerprint density at radius 2 is 1.68 bits per heavy atom. The average Bonchev–Trinajstić information content (AvgIpc) is 3.14. The van der Waals surface area contributed by atoms with Crippen LogP contribution < -0.4 is 5.56 Å². The van der Waals surface area contributed by atoms with E-state index >= 15 is 0 Å². The number of furan rings is 1. The average molecular weight is 383 g/mol. The van der Waals surface area contributed by atoms with Gasteiger partial charge in [0.05, 0.1) is 6.26 Å². The van der Waals surface area contributed by atoms with Gasteiger partial charge in [-0.05, 0) is 55.9 Å². The summed E-state index contributed by atoms with van der Waals surface area (Å²) in [5.74, 6) is -0.0893. The molecule has 2 aromatic heterocycles. The van der Waals surface area contributed by atoms with Crippen LogP contribution >= 0.6 is 0 Å². The Labute approximate surface area is 163 Å². The van der Waals surface area contributed by atoms with Gasteiger partial charge in [0.15, 0.2) is 5.76 Å². The Kier molecular flexibility index (Phi) is 5.07. The van der Waals surface area contributed by atoms with Gasteiger partial charge in [0.2, 0.25) is 0 Å². The van der Waals surface area contributed by atoms with Gasteiger partial charge in [0.25, 0.3) is 17.4 Å². The smallest absolute Gasteiger partial charge is 0.289 e. The number of amides is 2. The van der Waals surface area contributed by atoms with Gasteiger partial charge in [-0.2, -0.15) is 0 Å². The Bertz CT molecular complexity index is 945. The normalized spacial score (nSPS) is 17.2. The second-order valence-corrected chi connectivity index (χ2v) is 7.52. The Morgan fingerprint density at radius 3 is 2.39 bits per heavy atom. The molecule has 0 unspecified atom stereocenters. The Morgan fingerprint density at radius 1 is 0.964 bits per heavy atom. The lowest BCUT2D eigenvalue weighted by atomic mass is 9.94. The van der Waals surface area contributed by atoms with Crippen molar-refractivity contribution in [2.75, 3.05) is 26.2 Å². The highest BCUT2D eigenvalue weighted by molar-refractivity contribution is 5.94. The molecule has 148 valence electrons. The first-order chi connectivity index (χ1) is 13.6. The van der Waals surface area contributed by atoms with Gasteiger partial charge in [-0.15, -0.1) is 0 Å². The number of pyridine rings is 1. The fourth-order valence-corrected chi connectivity index (χ4v) is 4.19. The fraction of sp³-hybridized carbons (Fsp3) is 0.476. The predicted molar refractivity (Wildman–Crippen MR) is 103 cm³/mol. The molecule has 2 amide bonds. The third-order valence-electron chi connectivity index (χ3n) is 5.77. The third-order valence-corrected chi connectivity index (χ3v) is 5.77. The van der Waals surface area contributed by atoms with E-state index in [1.165, 1.54) is 6.26 Å². The SMILES string of the molecule is Cn1c2c(cc(C(=O)N3CCCN(C(=O)c4ccco4)CC3)c1=O)CCCC2. The number of hydrogen-bond donors (Lipinski definition) is 0. The van der Waals surface area contributed by atoms with E-state index in [4.69, 9.17) is 4.42 Å². The summed E-state index contributed by atoms with van der Waals surface area (Å²) in [7, 11) is 1.76. The molecule has 0 N–H and O–H groups in total. The molecule has 1 fully saturated rings. The largest absolute Gasteiger partial charge is 0.459 e. The first kappa shape index (κ1) is 18.5. The molecule has 0 saturated carbocycles. The van der Waals surface area contributed by atoms with E-state index in [0.29, 0.717) is 38.4 Å². The van der Waals surface area contributed by atoms with E-state index in [2.05, 4.69) is 0 Å². The maximum Gasteiger partial charge on any atom is 0.289 e. The van der Waals surface area contributed by atoms with Crippen molar-refractivity contribution < 1.29 is 14.0 Å². The number of carbonyl (C=O) groups is 2. The summed E-state index contributed by atoms with van der Waals surface area (Å²) in [4.78, 5) is 41.8. The van der Waals surface area contributed by atoms with Crippen molar-refractivity contribution in [2.24, 2.45) is 7.05 Å². The van der Waals surface area contributed by atoms with Crippen LogP contribution in [0.5, 0.6) is 0 Å². The van der Waals surface area contributed by atoms with Crippen molar-refractivity contribution in [1.82, 2.24) is 14.4 Å². The van der Waals surface area contributed by atoms with Crippen LogP contribution in [0.25, 0.3) is 0 Å². The maximum atomic E-state index is 13.1. The topological polar surface area (TPSA) is 75.8 Å². The molecule has 3 heterocycles. The molecule has 1 aliphatic carbocycles. The van der Waals surface area contributed by atoms with Gasteiger partial charge >= 0.3 is 0 Å². The number of aromatic nitrogens is 1. The Hall–Kier alpha value is -2.83. The predicted octanol–water partition coefficient (Wildman–Crippen LogP) is 1.85. The highest BCUT2D eigenvalue weighted by Gasteiger charge is 2.27. The van der Waals surface area contributed by atoms with Crippen LogP contribution in [0.4, 0.5) is 0 Å². The van der Waals surface area contributed by atoms with Crippen LogP contribution in [-0.2, 0) is 19.9 Å². The van der Waals surface area contributed by atoms with Crippen LogP contribution in [0.15, 0.2) is 33.7 Å². The van der Waals surface area contributed by atoms with Gasteiger partial charge in [-0.1, -0.05) is 0 Å². The van der Waals surface area contributed by atoms with E-state index in [1.54, 1.807) is 39.6 Å². The maximum absolute atomic E-state index is 13.1. The standard InChI is InChI=1S/C21H25N3O4/c1-22-17-7-3-2-6-15(17)14-16(19(22)25)20(26)23-9-5-10-24(12-11-23)21(27)18-8-4-13-28-18/h4,8,13-14H,2-3,5-7,9-12H2,1H3. The minimum atomic E-state index is -0.235. The minimum absolute atomic E-state index is 0.163. The van der Waals surface area contributed by atoms with Gasteiger partial charge < -0.3 is 18.8 Å². The number of fused-ring (bicyclic) bond motifs is 1. The molecule has 2 aliphatic rings. The highest BCUT2D eigenvalue weighted by atomic mass is 16.3. The second kappa shape index (κ2) is 7.66. The summed E-state index contributed by atoms with van der Waals surface area (Å²) in [6.45, 7) is 1.93. The number of nitrogens with zero attached hydrogens (tertiary/aromatic N) is 3. The number of carbonyl (C=O) groups excluding carboxylic acids is 2. The second-order valence-electron chi connectivity index (χ2n) is 7.52. The molecule has 0 aromatic carbocycles. The van der Waals surface area contributed by atoms with Crippen LogP contribution in [0.3, 0.4) is 0 Å². The van der Waals surface area contributed by atoms with Crippen LogP contribution in [0, 0.1) is 0 Å². The molecule has 1 saturated heterocycles. The highest BCUT2D eigenvalue weighted by Crippen LogP contribution is 2.21. The molecular formula is C21H25N3O4. The number of aryl methyl sites for hydroxylation is 1. The lowest BCUT2D eigenvalue weighted by molar-refractivity contribution is 0.0699. The van der Waals surface area contributed by atoms with Crippen molar-refractivity contribution in [2.45, 2.75) is 32.1 Å². The molecular weight excluding hydrogens is 358 g/mol. The zero-order valence-corrected chi connectivity index (χ0v) is 16.1. The first-order valence-electron chi connectivity index (χ1n) is 9.90. The van der Waals surface area contributed by atoms with Gasteiger partial charge in [0.1, 0.15) is 5.56 Å². The fourth-order valence-electron chi connectivity index (χ4n) is 4.19. The van der Waals surface area contributed by atoms with Crippen molar-refractivity contribution in [3.8, 4) is 0 Å². The Balaban J connectivity index is 1.52. The molecule has 2 aromatic rings. The molecule has 0 spiro atoms. The van der Waals surface area contributed by atoms with Crippen LogP contribution in [0.2, 0.25) is 0 Å². The monoisotopic (exact) mass is 383 g/mol. The van der Waals surface area contributed by atoms with Gasteiger partial charge in [-0.25, -0.2) is 0 Å². The number of rotatable bonds is 2. The lowest BCUT2D eigenvalue weighted by Gasteiger charge is -2.24. The summed E-state index contributed by atoms with van der Waals surface area (Å²) in [5, 5.41) is 0. The molecule has 1 aliphatic heterocycles. The van der Waals surface area contributed by atoms with Crippen LogP contribution in [0.1, 0.15) is 51.4 Å². The summed E-state index contributed by atoms with van der Waals surface area (Å²) in [6.07, 6.45) is 6.13. The van der Waals surface area contributed by atoms with Crippen LogP contribution in [-0.4, -0.2) is 52.4 Å². The minimum Gasteiger partial charge on any atom is -0.459 e. The van der Waals surface area contributed by atoms with E-state index in [9.17, 15) is 14.4 Å². The third kappa shape index (κ3) is 3.37. The van der Waals surface area contributed by atoms with Gasteiger partial charge in [0, 0.05) is 38.9 Å². The zero-order valence-electron chi connectivity index (χ0n) is 16.1. The number of hydrogen-bond acceptors (Lipinski definition) is 4. The quantitative estimate of drug-likeness (QED) is 0.793. The van der Waals surface area contributed by atoms with Crippen molar-refractivity contribution in [3.63, 3.8) is 0 Å². The summed E-state index contributed by atoms with van der Waals surface area (Å²) in [5.41, 5.74) is 2.19. The summed E-state index contributed by atoms with van der Waals surface area (Å²) >= 11 is 0. The van der Waals surface area contributed by atoms with E-state index < -0.39 is 0 Å². The van der Waals surface area contributed by atoms with Crippen molar-refractivity contribution >= 4 is 11.8 Å². The van der Waals surface area contributed by atoms with Crippen molar-refractivity contribution in [1.29, 1.82) is 0 Å². The molecule has 0 bridgehead atoms. The molecule has 7 heteroatoms. The van der Waals surface area contributed by atoms with E-state index in [0.717, 1.165) is 36.9 Å². The van der Waals surface area contributed by atoms with E-state index in [-0.39, 0.29) is 22.9 Å². The zero-order chi connectivity index (χ0) is 19.7. The van der Waals surface area contributed by atoms with E-state index in [1.807, 2.05) is 0 Å². The van der Waals surface area contributed by atoms with Gasteiger partial charge in [-0.3, -0.25) is 14.4 Å². The molecule has 7 nitrogen and oxygen atoms in total.